The molecule has 0 aliphatic rings. The molecule has 0 radical (unpaired) electrons. The fourth-order valence-corrected chi connectivity index (χ4v) is 3.51. The van der Waals surface area contributed by atoms with Gasteiger partial charge < -0.3 is 0 Å². The van der Waals surface area contributed by atoms with Crippen LogP contribution in [0.25, 0.3) is 10.8 Å². The predicted molar refractivity (Wildman–Crippen MR) is 93.9 cm³/mol. The van der Waals surface area contributed by atoms with Gasteiger partial charge in [-0.3, -0.25) is 0 Å². The van der Waals surface area contributed by atoms with Crippen molar-refractivity contribution in [2.45, 2.75) is 4.83 Å². The standard InChI is InChI=1S/C17H11Br2Cl/c18-12-7-5-11(6-8-12)17(19)15-9-10-16(20)14-4-2-1-3-13(14)15/h1-10,17H. The largest absolute Gasteiger partial charge is 0.0837 e. The zero-order chi connectivity index (χ0) is 14.1. The van der Waals surface area contributed by atoms with Crippen LogP contribution in [0.15, 0.2) is 65.1 Å². The Morgan fingerprint density at radius 2 is 1.45 bits per heavy atom. The van der Waals surface area contributed by atoms with E-state index < -0.39 is 0 Å². The van der Waals surface area contributed by atoms with Crippen molar-refractivity contribution < 1.29 is 0 Å². The third-order valence-electron chi connectivity index (χ3n) is 3.34. The molecule has 0 aliphatic carbocycles. The monoisotopic (exact) mass is 408 g/mol. The van der Waals surface area contributed by atoms with Gasteiger partial charge in [-0.15, -0.1) is 0 Å². The first kappa shape index (κ1) is 14.1. The van der Waals surface area contributed by atoms with Crippen LogP contribution in [0.4, 0.5) is 0 Å². The molecule has 3 heteroatoms. The topological polar surface area (TPSA) is 0 Å². The normalized spacial score (nSPS) is 12.6. The summed E-state index contributed by atoms with van der Waals surface area (Å²) in [4.78, 5) is 0.151. The lowest BCUT2D eigenvalue weighted by molar-refractivity contribution is 1.20. The number of rotatable bonds is 2. The Labute approximate surface area is 140 Å². The number of halogens is 3. The quantitative estimate of drug-likeness (QED) is 0.410. The summed E-state index contributed by atoms with van der Waals surface area (Å²) in [6.07, 6.45) is 0. The number of alkyl halides is 1. The molecule has 0 aromatic heterocycles. The van der Waals surface area contributed by atoms with Gasteiger partial charge in [0.05, 0.1) is 4.83 Å². The van der Waals surface area contributed by atoms with Gasteiger partial charge in [-0.25, -0.2) is 0 Å². The van der Waals surface area contributed by atoms with Crippen molar-refractivity contribution in [3.63, 3.8) is 0 Å². The van der Waals surface area contributed by atoms with E-state index in [0.29, 0.717) is 0 Å². The van der Waals surface area contributed by atoms with Crippen molar-refractivity contribution in [1.29, 1.82) is 0 Å². The smallest absolute Gasteiger partial charge is 0.0650 e. The van der Waals surface area contributed by atoms with Crippen LogP contribution in [0.3, 0.4) is 0 Å². The average Bonchev–Trinajstić information content (AvgIpc) is 2.48. The highest BCUT2D eigenvalue weighted by Crippen LogP contribution is 2.37. The van der Waals surface area contributed by atoms with Gasteiger partial charge in [-0.1, -0.05) is 85.9 Å². The molecule has 0 amide bonds. The number of hydrogen-bond donors (Lipinski definition) is 0. The van der Waals surface area contributed by atoms with E-state index in [1.54, 1.807) is 0 Å². The summed E-state index contributed by atoms with van der Waals surface area (Å²) in [5, 5.41) is 3.07. The fourth-order valence-electron chi connectivity index (χ4n) is 2.32. The van der Waals surface area contributed by atoms with E-state index in [-0.39, 0.29) is 4.83 Å². The second-order valence-corrected chi connectivity index (χ2v) is 6.83. The van der Waals surface area contributed by atoms with Crippen LogP contribution in [-0.2, 0) is 0 Å². The Kier molecular flexibility index (Phi) is 4.16. The molecule has 0 saturated heterocycles. The minimum absolute atomic E-state index is 0.151. The van der Waals surface area contributed by atoms with Crippen molar-refractivity contribution >= 4 is 54.2 Å². The maximum absolute atomic E-state index is 6.28. The highest BCUT2D eigenvalue weighted by Gasteiger charge is 2.14. The third-order valence-corrected chi connectivity index (χ3v) is 5.22. The molecule has 100 valence electrons. The van der Waals surface area contributed by atoms with Crippen LogP contribution in [-0.4, -0.2) is 0 Å². The molecule has 0 aliphatic heterocycles. The molecule has 1 atom stereocenters. The van der Waals surface area contributed by atoms with Crippen molar-refractivity contribution in [3.8, 4) is 0 Å². The second kappa shape index (κ2) is 5.88. The Hall–Kier alpha value is -0.830. The molecule has 0 nitrogen and oxygen atoms in total. The van der Waals surface area contributed by atoms with Gasteiger partial charge in [-0.05, 0) is 34.7 Å². The van der Waals surface area contributed by atoms with Gasteiger partial charge in [-0.2, -0.15) is 0 Å². The van der Waals surface area contributed by atoms with Crippen molar-refractivity contribution in [2.75, 3.05) is 0 Å². The van der Waals surface area contributed by atoms with E-state index in [9.17, 15) is 0 Å². The van der Waals surface area contributed by atoms with Crippen molar-refractivity contribution in [1.82, 2.24) is 0 Å². The molecule has 0 fully saturated rings. The molecule has 0 heterocycles. The van der Waals surface area contributed by atoms with E-state index in [1.165, 1.54) is 16.5 Å². The number of hydrogen-bond acceptors (Lipinski definition) is 0. The van der Waals surface area contributed by atoms with Gasteiger partial charge in [0.15, 0.2) is 0 Å². The molecule has 3 aromatic rings. The molecule has 0 bridgehead atoms. The molecule has 0 N–H and O–H groups in total. The highest BCUT2D eigenvalue weighted by atomic mass is 79.9. The zero-order valence-electron chi connectivity index (χ0n) is 10.5. The van der Waals surface area contributed by atoms with Gasteiger partial charge >= 0.3 is 0 Å². The average molecular weight is 411 g/mol. The molecule has 0 saturated carbocycles. The first-order chi connectivity index (χ1) is 9.66. The van der Waals surface area contributed by atoms with Gasteiger partial charge in [0.25, 0.3) is 0 Å². The zero-order valence-corrected chi connectivity index (χ0v) is 14.4. The van der Waals surface area contributed by atoms with Crippen molar-refractivity contribution in [2.24, 2.45) is 0 Å². The Morgan fingerprint density at radius 3 is 2.15 bits per heavy atom. The SMILES string of the molecule is Clc1ccc(C(Br)c2ccc(Br)cc2)c2ccccc12. The Balaban J connectivity index is 2.14. The maximum atomic E-state index is 6.28. The van der Waals surface area contributed by atoms with E-state index >= 15 is 0 Å². The lowest BCUT2D eigenvalue weighted by Gasteiger charge is -2.14. The maximum Gasteiger partial charge on any atom is 0.0650 e. The van der Waals surface area contributed by atoms with Crippen LogP contribution < -0.4 is 0 Å². The Bertz CT molecular complexity index is 751. The van der Waals surface area contributed by atoms with Crippen LogP contribution in [0.5, 0.6) is 0 Å². The molecule has 20 heavy (non-hydrogen) atoms. The van der Waals surface area contributed by atoms with E-state index in [2.05, 4.69) is 74.3 Å². The molecule has 1 unspecified atom stereocenters. The third kappa shape index (κ3) is 2.65. The van der Waals surface area contributed by atoms with Crippen LogP contribution in [0.1, 0.15) is 16.0 Å². The predicted octanol–water partition coefficient (Wildman–Crippen LogP) is 6.74. The van der Waals surface area contributed by atoms with Gasteiger partial charge in [0.1, 0.15) is 0 Å². The summed E-state index contributed by atoms with van der Waals surface area (Å²) in [7, 11) is 0. The summed E-state index contributed by atoms with van der Waals surface area (Å²) < 4.78 is 1.09. The fraction of sp³-hybridized carbons (Fsp3) is 0.0588. The summed E-state index contributed by atoms with van der Waals surface area (Å²) in [5.74, 6) is 0. The summed E-state index contributed by atoms with van der Waals surface area (Å²) >= 11 is 13.6. The Morgan fingerprint density at radius 1 is 0.800 bits per heavy atom. The summed E-state index contributed by atoms with van der Waals surface area (Å²) in [5.41, 5.74) is 2.45. The minimum Gasteiger partial charge on any atom is -0.0837 e. The molecule has 3 aromatic carbocycles. The van der Waals surface area contributed by atoms with Crippen LogP contribution >= 0.6 is 43.5 Å². The van der Waals surface area contributed by atoms with Gasteiger partial charge in [0.2, 0.25) is 0 Å². The molecular formula is C17H11Br2Cl. The molecule has 3 rings (SSSR count). The van der Waals surface area contributed by atoms with E-state index in [0.717, 1.165) is 14.9 Å². The van der Waals surface area contributed by atoms with Gasteiger partial charge in [0, 0.05) is 14.9 Å². The second-order valence-electron chi connectivity index (χ2n) is 4.60. The molecule has 0 spiro atoms. The molecular weight excluding hydrogens is 399 g/mol. The van der Waals surface area contributed by atoms with Crippen LogP contribution in [0.2, 0.25) is 5.02 Å². The van der Waals surface area contributed by atoms with Crippen molar-refractivity contribution in [3.05, 3.63) is 81.3 Å². The highest BCUT2D eigenvalue weighted by molar-refractivity contribution is 9.10. The summed E-state index contributed by atoms with van der Waals surface area (Å²) in [6, 6.07) is 20.6. The lowest BCUT2D eigenvalue weighted by atomic mass is 9.98. The van der Waals surface area contributed by atoms with E-state index in [1.807, 2.05) is 18.2 Å². The minimum atomic E-state index is 0.151. The van der Waals surface area contributed by atoms with E-state index in [4.69, 9.17) is 11.6 Å². The summed E-state index contributed by atoms with van der Waals surface area (Å²) in [6.45, 7) is 0. The first-order valence-electron chi connectivity index (χ1n) is 6.23. The van der Waals surface area contributed by atoms with Crippen LogP contribution in [0, 0.1) is 0 Å². The number of benzene rings is 3. The first-order valence-corrected chi connectivity index (χ1v) is 8.32. The number of fused-ring (bicyclic) bond motifs is 1. The lowest BCUT2D eigenvalue weighted by Crippen LogP contribution is -1.94.